The first-order valence-corrected chi connectivity index (χ1v) is 9.36. The van der Waals surface area contributed by atoms with Crippen LogP contribution in [0.25, 0.3) is 10.9 Å². The Bertz CT molecular complexity index is 1180. The van der Waals surface area contributed by atoms with Crippen molar-refractivity contribution in [3.8, 4) is 0 Å². The predicted octanol–water partition coefficient (Wildman–Crippen LogP) is 3.36. The molecule has 0 radical (unpaired) electrons. The fraction of sp³-hybridized carbons (Fsp3) is 0.105. The highest BCUT2D eigenvalue weighted by Gasteiger charge is 2.16. The summed E-state index contributed by atoms with van der Waals surface area (Å²) < 4.78 is 14.8. The van der Waals surface area contributed by atoms with Crippen LogP contribution >= 0.6 is 11.8 Å². The van der Waals surface area contributed by atoms with Gasteiger partial charge in [0.05, 0.1) is 21.6 Å². The number of anilines is 1. The van der Waals surface area contributed by atoms with Crippen LogP contribution in [-0.2, 0) is 11.3 Å². The number of carbonyl (C=O) groups is 1. The summed E-state index contributed by atoms with van der Waals surface area (Å²) in [5.74, 6) is -1.58. The maximum absolute atomic E-state index is 13.4. The second kappa shape index (κ2) is 8.65. The number of rotatable bonds is 7. The Kier molecular flexibility index (Phi) is 6.03. The highest BCUT2D eigenvalue weighted by atomic mass is 32.2. The van der Waals surface area contributed by atoms with Gasteiger partial charge in [0.1, 0.15) is 0 Å². The van der Waals surface area contributed by atoms with Crippen molar-refractivity contribution in [3.63, 3.8) is 0 Å². The van der Waals surface area contributed by atoms with Crippen LogP contribution in [0.2, 0.25) is 0 Å². The number of nitrogens with one attached hydrogen (secondary N) is 1. The van der Waals surface area contributed by atoms with E-state index in [4.69, 9.17) is 0 Å². The van der Waals surface area contributed by atoms with Gasteiger partial charge in [-0.3, -0.25) is 24.3 Å². The molecule has 0 aliphatic heterocycles. The van der Waals surface area contributed by atoms with Gasteiger partial charge in [0, 0.05) is 18.3 Å². The number of para-hydroxylation sites is 1. The summed E-state index contributed by atoms with van der Waals surface area (Å²) >= 11 is 1.04. The van der Waals surface area contributed by atoms with E-state index in [1.165, 1.54) is 10.6 Å². The number of hydrogen-bond acceptors (Lipinski definition) is 6. The molecule has 0 fully saturated rings. The van der Waals surface area contributed by atoms with Crippen LogP contribution < -0.4 is 10.9 Å². The normalized spacial score (nSPS) is 10.7. The molecule has 1 aromatic heterocycles. The van der Waals surface area contributed by atoms with Crippen LogP contribution in [0.15, 0.2) is 65.1 Å². The molecule has 1 N–H and O–H groups in total. The van der Waals surface area contributed by atoms with Crippen molar-refractivity contribution < 1.29 is 14.1 Å². The zero-order chi connectivity index (χ0) is 21.0. The minimum absolute atomic E-state index is 0.0960. The number of thioether (sulfide) groups is 1. The monoisotopic (exact) mass is 414 g/mol. The predicted molar refractivity (Wildman–Crippen MR) is 109 cm³/mol. The van der Waals surface area contributed by atoms with Crippen LogP contribution in [0.4, 0.5) is 15.8 Å². The first-order valence-electron chi connectivity index (χ1n) is 8.37. The van der Waals surface area contributed by atoms with Gasteiger partial charge >= 0.3 is 5.69 Å². The number of aromatic nitrogens is 2. The maximum Gasteiger partial charge on any atom is 0.306 e. The second-order valence-electron chi connectivity index (χ2n) is 5.88. The minimum atomic E-state index is -0.990. The molecule has 0 aliphatic carbocycles. The zero-order valence-corrected chi connectivity index (χ0v) is 15.8. The molecule has 0 aliphatic rings. The van der Waals surface area contributed by atoms with E-state index in [0.717, 1.165) is 23.9 Å². The molecule has 0 saturated carbocycles. The summed E-state index contributed by atoms with van der Waals surface area (Å²) in [6.45, 7) is 3.86. The molecule has 0 spiro atoms. The summed E-state index contributed by atoms with van der Waals surface area (Å²) in [5, 5.41) is 14.1. The second-order valence-corrected chi connectivity index (χ2v) is 6.82. The van der Waals surface area contributed by atoms with E-state index < -0.39 is 22.3 Å². The quantitative estimate of drug-likeness (QED) is 0.209. The summed E-state index contributed by atoms with van der Waals surface area (Å²) in [6, 6.07) is 9.96. The molecule has 1 amide bonds. The Hall–Kier alpha value is -3.53. The van der Waals surface area contributed by atoms with Gasteiger partial charge in [0.15, 0.2) is 5.16 Å². The number of benzene rings is 2. The first-order chi connectivity index (χ1) is 13.9. The summed E-state index contributed by atoms with van der Waals surface area (Å²) in [5.41, 5.74) is -0.368. The van der Waals surface area contributed by atoms with Crippen LogP contribution in [0.3, 0.4) is 0 Å². The number of nitro benzene ring substituents is 1. The summed E-state index contributed by atoms with van der Waals surface area (Å²) in [4.78, 5) is 39.3. The lowest BCUT2D eigenvalue weighted by Crippen LogP contribution is -2.23. The largest absolute Gasteiger partial charge is 0.325 e. The Balaban J connectivity index is 1.80. The lowest BCUT2D eigenvalue weighted by Gasteiger charge is -2.11. The van der Waals surface area contributed by atoms with E-state index in [9.17, 15) is 24.1 Å². The topological polar surface area (TPSA) is 107 Å². The van der Waals surface area contributed by atoms with E-state index in [2.05, 4.69) is 16.9 Å². The number of halogens is 1. The van der Waals surface area contributed by atoms with Crippen molar-refractivity contribution in [2.45, 2.75) is 11.7 Å². The fourth-order valence-corrected chi connectivity index (χ4v) is 3.41. The molecular formula is C19H15FN4O4S. The average Bonchev–Trinajstić information content (AvgIpc) is 2.70. The summed E-state index contributed by atoms with van der Waals surface area (Å²) in [7, 11) is 0. The SMILES string of the molecule is C=CCn1c(SCC(=O)Nc2ccc(F)c([N+](=O)[O-])c2)nc2ccccc2c1=O. The van der Waals surface area contributed by atoms with Crippen LogP contribution in [-0.4, -0.2) is 26.1 Å². The van der Waals surface area contributed by atoms with Gasteiger partial charge in [-0.1, -0.05) is 30.0 Å². The van der Waals surface area contributed by atoms with Gasteiger partial charge in [0.25, 0.3) is 5.56 Å². The minimum Gasteiger partial charge on any atom is -0.325 e. The number of nitro groups is 1. The highest BCUT2D eigenvalue weighted by molar-refractivity contribution is 7.99. The molecule has 3 rings (SSSR count). The Morgan fingerprint density at radius 1 is 1.34 bits per heavy atom. The van der Waals surface area contributed by atoms with Gasteiger partial charge < -0.3 is 5.32 Å². The van der Waals surface area contributed by atoms with Crippen molar-refractivity contribution in [2.75, 3.05) is 11.1 Å². The number of amides is 1. The smallest absolute Gasteiger partial charge is 0.306 e. The molecular weight excluding hydrogens is 399 g/mol. The zero-order valence-electron chi connectivity index (χ0n) is 15.0. The average molecular weight is 414 g/mol. The molecule has 3 aromatic rings. The Morgan fingerprint density at radius 2 is 2.10 bits per heavy atom. The maximum atomic E-state index is 13.4. The molecule has 10 heteroatoms. The third kappa shape index (κ3) is 4.49. The Morgan fingerprint density at radius 3 is 2.83 bits per heavy atom. The van der Waals surface area contributed by atoms with E-state index in [1.807, 2.05) is 0 Å². The number of fused-ring (bicyclic) bond motifs is 1. The van der Waals surface area contributed by atoms with Crippen molar-refractivity contribution in [1.29, 1.82) is 0 Å². The summed E-state index contributed by atoms with van der Waals surface area (Å²) in [6.07, 6.45) is 1.56. The fourth-order valence-electron chi connectivity index (χ4n) is 2.61. The van der Waals surface area contributed by atoms with Crippen LogP contribution in [0.5, 0.6) is 0 Å². The van der Waals surface area contributed by atoms with Gasteiger partial charge in [0.2, 0.25) is 11.7 Å². The Labute approximate surface area is 168 Å². The first kappa shape index (κ1) is 20.2. The van der Waals surface area contributed by atoms with Crippen LogP contribution in [0, 0.1) is 15.9 Å². The highest BCUT2D eigenvalue weighted by Crippen LogP contribution is 2.22. The lowest BCUT2D eigenvalue weighted by atomic mass is 10.2. The molecule has 0 atom stereocenters. The van der Waals surface area contributed by atoms with Gasteiger partial charge in [-0.15, -0.1) is 6.58 Å². The van der Waals surface area contributed by atoms with E-state index in [1.54, 1.807) is 30.3 Å². The lowest BCUT2D eigenvalue weighted by molar-refractivity contribution is -0.387. The molecule has 0 unspecified atom stereocenters. The van der Waals surface area contributed by atoms with E-state index in [-0.39, 0.29) is 23.5 Å². The molecule has 29 heavy (non-hydrogen) atoms. The van der Waals surface area contributed by atoms with Crippen molar-refractivity contribution >= 4 is 39.9 Å². The number of nitrogens with zero attached hydrogens (tertiary/aromatic N) is 3. The third-order valence-electron chi connectivity index (χ3n) is 3.90. The molecule has 8 nitrogen and oxygen atoms in total. The van der Waals surface area contributed by atoms with E-state index in [0.29, 0.717) is 16.1 Å². The molecule has 148 valence electrons. The van der Waals surface area contributed by atoms with Crippen LogP contribution in [0.1, 0.15) is 0 Å². The third-order valence-corrected chi connectivity index (χ3v) is 4.87. The molecule has 1 heterocycles. The van der Waals surface area contributed by atoms with Gasteiger partial charge in [-0.25, -0.2) is 4.98 Å². The number of allylic oxidation sites excluding steroid dienone is 1. The van der Waals surface area contributed by atoms with Crippen molar-refractivity contribution in [3.05, 3.63) is 81.4 Å². The van der Waals surface area contributed by atoms with Crippen molar-refractivity contribution in [1.82, 2.24) is 9.55 Å². The van der Waals surface area contributed by atoms with Gasteiger partial charge in [-0.2, -0.15) is 4.39 Å². The molecule has 0 saturated heterocycles. The molecule has 0 bridgehead atoms. The van der Waals surface area contributed by atoms with Gasteiger partial charge in [-0.05, 0) is 24.3 Å². The number of hydrogen-bond donors (Lipinski definition) is 1. The standard InChI is InChI=1S/C19H15FN4O4S/c1-2-9-23-18(26)13-5-3-4-6-15(13)22-19(23)29-11-17(25)21-12-7-8-14(20)16(10-12)24(27)28/h2-8,10H,1,9,11H2,(H,21,25). The number of carbonyl (C=O) groups excluding carboxylic acids is 1. The molecule has 2 aromatic carbocycles. The van der Waals surface area contributed by atoms with E-state index >= 15 is 0 Å². The van der Waals surface area contributed by atoms with Crippen molar-refractivity contribution in [2.24, 2.45) is 0 Å².